The van der Waals surface area contributed by atoms with Crippen molar-refractivity contribution in [3.8, 4) is 11.5 Å². The fourth-order valence-corrected chi connectivity index (χ4v) is 3.83. The predicted molar refractivity (Wildman–Crippen MR) is 107 cm³/mol. The highest BCUT2D eigenvalue weighted by Crippen LogP contribution is 2.33. The van der Waals surface area contributed by atoms with Crippen LogP contribution >= 0.6 is 24.0 Å². The fraction of sp³-hybridized carbons (Fsp3) is 0.150. The largest absolute Gasteiger partial charge is 0.550 e. The van der Waals surface area contributed by atoms with Gasteiger partial charge in [0.25, 0.3) is 5.91 Å². The van der Waals surface area contributed by atoms with Crippen molar-refractivity contribution in [2.75, 3.05) is 6.54 Å². The highest BCUT2D eigenvalue weighted by atomic mass is 32.2. The molecule has 0 atom stereocenters. The van der Waals surface area contributed by atoms with Crippen LogP contribution in [-0.2, 0) is 9.59 Å². The summed E-state index contributed by atoms with van der Waals surface area (Å²) < 4.78 is 6.24. The van der Waals surface area contributed by atoms with Crippen LogP contribution in [0.2, 0.25) is 0 Å². The van der Waals surface area contributed by atoms with Gasteiger partial charge >= 0.3 is 0 Å². The maximum absolute atomic E-state index is 12.5. The predicted octanol–water partition coefficient (Wildman–Crippen LogP) is 3.21. The smallest absolute Gasteiger partial charge is 0.266 e. The van der Waals surface area contributed by atoms with E-state index >= 15 is 0 Å². The molecule has 5 nitrogen and oxygen atoms in total. The van der Waals surface area contributed by atoms with E-state index in [0.717, 1.165) is 11.3 Å². The number of amides is 1. The number of rotatable bonds is 7. The maximum Gasteiger partial charge on any atom is 0.266 e. The van der Waals surface area contributed by atoms with E-state index in [2.05, 4.69) is 0 Å². The summed E-state index contributed by atoms with van der Waals surface area (Å²) in [6.07, 6.45) is 1.97. The molecule has 0 aromatic heterocycles. The van der Waals surface area contributed by atoms with Gasteiger partial charge in [0.15, 0.2) is 0 Å². The summed E-state index contributed by atoms with van der Waals surface area (Å²) >= 11 is 6.45. The van der Waals surface area contributed by atoms with Crippen molar-refractivity contribution in [2.24, 2.45) is 0 Å². The Hall–Kier alpha value is -2.64. The molecule has 0 N–H and O–H groups in total. The number of carboxylic acids is 1. The molecule has 1 saturated heterocycles. The minimum atomic E-state index is -1.13. The van der Waals surface area contributed by atoms with Gasteiger partial charge in [-0.2, -0.15) is 0 Å². The molecule has 2 aromatic rings. The highest BCUT2D eigenvalue weighted by molar-refractivity contribution is 8.26. The molecule has 0 aliphatic carbocycles. The van der Waals surface area contributed by atoms with Crippen LogP contribution in [0.3, 0.4) is 0 Å². The second-order valence-corrected chi connectivity index (χ2v) is 7.47. The van der Waals surface area contributed by atoms with Gasteiger partial charge in [0.05, 0.1) is 4.91 Å². The maximum atomic E-state index is 12.5. The van der Waals surface area contributed by atoms with Crippen LogP contribution in [0.4, 0.5) is 0 Å². The molecule has 7 heteroatoms. The lowest BCUT2D eigenvalue weighted by atomic mass is 10.2. The lowest BCUT2D eigenvalue weighted by Crippen LogP contribution is -2.30. The van der Waals surface area contributed by atoms with Crippen molar-refractivity contribution in [2.45, 2.75) is 12.8 Å². The fourth-order valence-electron chi connectivity index (χ4n) is 2.52. The molecule has 138 valence electrons. The number of aliphatic carboxylic acids is 1. The van der Waals surface area contributed by atoms with E-state index in [9.17, 15) is 14.7 Å². The van der Waals surface area contributed by atoms with Crippen LogP contribution in [0.1, 0.15) is 18.4 Å². The molecule has 0 saturated carbocycles. The van der Waals surface area contributed by atoms with Gasteiger partial charge in [0.2, 0.25) is 0 Å². The van der Waals surface area contributed by atoms with E-state index in [1.54, 1.807) is 6.08 Å². The summed E-state index contributed by atoms with van der Waals surface area (Å²) in [6.45, 7) is 0.271. The third-order valence-electron chi connectivity index (χ3n) is 3.77. The van der Waals surface area contributed by atoms with Gasteiger partial charge in [-0.1, -0.05) is 54.3 Å². The van der Waals surface area contributed by atoms with Crippen LogP contribution in [0.15, 0.2) is 59.5 Å². The van der Waals surface area contributed by atoms with E-state index in [1.165, 1.54) is 16.7 Å². The monoisotopic (exact) mass is 398 g/mol. The highest BCUT2D eigenvalue weighted by Gasteiger charge is 2.31. The second kappa shape index (κ2) is 8.83. The Kier molecular flexibility index (Phi) is 6.26. The Morgan fingerprint density at radius 3 is 2.63 bits per heavy atom. The van der Waals surface area contributed by atoms with E-state index < -0.39 is 5.97 Å². The number of carbonyl (C=O) groups is 2. The molecule has 0 radical (unpaired) electrons. The molecular formula is C20H16NO4S2-. The minimum Gasteiger partial charge on any atom is -0.550 e. The Labute approximate surface area is 166 Å². The number of hydrogen-bond donors (Lipinski definition) is 0. The molecule has 1 aliphatic heterocycles. The molecule has 27 heavy (non-hydrogen) atoms. The first-order valence-electron chi connectivity index (χ1n) is 8.31. The summed E-state index contributed by atoms with van der Waals surface area (Å²) in [7, 11) is 0. The average Bonchev–Trinajstić information content (AvgIpc) is 2.90. The number of thiocarbonyl (C=S) groups is 1. The standard InChI is InChI=1S/C20H17NO4S2/c22-18(23)10-5-11-21-19(24)17(27-20(21)26)13-14-6-4-9-16(12-14)25-15-7-2-1-3-8-15/h1-4,6-9,12-13H,5,10-11H2,(H,22,23)/p-1/b17-13+. The van der Waals surface area contributed by atoms with Crippen molar-refractivity contribution >= 4 is 46.3 Å². The van der Waals surface area contributed by atoms with Crippen molar-refractivity contribution in [1.29, 1.82) is 0 Å². The number of carbonyl (C=O) groups excluding carboxylic acids is 2. The number of thioether (sulfide) groups is 1. The number of nitrogens with zero attached hydrogens (tertiary/aromatic N) is 1. The van der Waals surface area contributed by atoms with Crippen LogP contribution in [0.25, 0.3) is 6.08 Å². The molecule has 1 heterocycles. The Balaban J connectivity index is 1.71. The summed E-state index contributed by atoms with van der Waals surface area (Å²) in [6, 6.07) is 16.8. The zero-order valence-corrected chi connectivity index (χ0v) is 15.9. The van der Waals surface area contributed by atoms with Crippen LogP contribution in [0, 0.1) is 0 Å². The van der Waals surface area contributed by atoms with Crippen LogP contribution in [-0.4, -0.2) is 27.6 Å². The first-order valence-corrected chi connectivity index (χ1v) is 9.53. The Bertz CT molecular complexity index is 896. The molecular weight excluding hydrogens is 382 g/mol. The number of hydrogen-bond acceptors (Lipinski definition) is 6. The van der Waals surface area contributed by atoms with Gasteiger partial charge in [-0.15, -0.1) is 0 Å². The number of ether oxygens (including phenoxy) is 1. The minimum absolute atomic E-state index is 0.102. The Morgan fingerprint density at radius 1 is 1.15 bits per heavy atom. The number of benzene rings is 2. The zero-order chi connectivity index (χ0) is 19.2. The van der Waals surface area contributed by atoms with Crippen molar-refractivity contribution < 1.29 is 19.4 Å². The molecule has 0 bridgehead atoms. The van der Waals surface area contributed by atoms with Gasteiger partial charge < -0.3 is 14.6 Å². The topological polar surface area (TPSA) is 69.7 Å². The number of para-hydroxylation sites is 1. The van der Waals surface area contributed by atoms with Gasteiger partial charge in [0.1, 0.15) is 15.8 Å². The molecule has 0 spiro atoms. The lowest BCUT2D eigenvalue weighted by Gasteiger charge is -2.14. The number of carboxylic acid groups (broad SMARTS) is 1. The molecule has 1 aliphatic rings. The van der Waals surface area contributed by atoms with E-state index in [1.807, 2.05) is 54.6 Å². The van der Waals surface area contributed by atoms with Gasteiger partial charge in [0, 0.05) is 12.5 Å². The SMILES string of the molecule is O=C([O-])CCCN1C(=O)/C(=C\c2cccc(Oc3ccccc3)c2)SC1=S. The molecule has 1 fully saturated rings. The summed E-state index contributed by atoms with van der Waals surface area (Å²) in [5.74, 6) is 0.0530. The van der Waals surface area contributed by atoms with E-state index in [-0.39, 0.29) is 18.9 Å². The van der Waals surface area contributed by atoms with Crippen molar-refractivity contribution in [1.82, 2.24) is 4.90 Å². The molecule has 2 aromatic carbocycles. The summed E-state index contributed by atoms with van der Waals surface area (Å²) in [5.41, 5.74) is 0.818. The summed E-state index contributed by atoms with van der Waals surface area (Å²) in [5, 5.41) is 10.5. The van der Waals surface area contributed by atoms with Crippen molar-refractivity contribution in [3.05, 3.63) is 65.1 Å². The van der Waals surface area contributed by atoms with Crippen LogP contribution < -0.4 is 9.84 Å². The summed E-state index contributed by atoms with van der Waals surface area (Å²) in [4.78, 5) is 25.0. The third kappa shape index (κ3) is 5.18. The first kappa shape index (κ1) is 19.1. The van der Waals surface area contributed by atoms with E-state index in [4.69, 9.17) is 17.0 Å². The molecule has 1 amide bonds. The third-order valence-corrected chi connectivity index (χ3v) is 5.15. The van der Waals surface area contributed by atoms with Crippen LogP contribution in [0.5, 0.6) is 11.5 Å². The van der Waals surface area contributed by atoms with Gasteiger partial charge in [-0.3, -0.25) is 9.69 Å². The van der Waals surface area contributed by atoms with E-state index in [0.29, 0.717) is 21.4 Å². The van der Waals surface area contributed by atoms with Gasteiger partial charge in [-0.05, 0) is 48.7 Å². The average molecular weight is 398 g/mol. The lowest BCUT2D eigenvalue weighted by molar-refractivity contribution is -0.305. The first-order chi connectivity index (χ1) is 13.0. The Morgan fingerprint density at radius 2 is 1.89 bits per heavy atom. The van der Waals surface area contributed by atoms with Crippen molar-refractivity contribution in [3.63, 3.8) is 0 Å². The quantitative estimate of drug-likeness (QED) is 0.527. The molecule has 0 unspecified atom stereocenters. The zero-order valence-electron chi connectivity index (χ0n) is 14.3. The second-order valence-electron chi connectivity index (χ2n) is 5.80. The molecule has 3 rings (SSSR count). The normalized spacial score (nSPS) is 15.4. The van der Waals surface area contributed by atoms with Gasteiger partial charge in [-0.25, -0.2) is 0 Å².